The number of ketones is 2. The van der Waals surface area contributed by atoms with Crippen LogP contribution in [0.4, 0.5) is 11.6 Å². The monoisotopic (exact) mass is 1140 g/mol. The fourth-order valence-corrected chi connectivity index (χ4v) is 4.77. The second kappa shape index (κ2) is 39.9. The summed E-state index contributed by atoms with van der Waals surface area (Å²) in [7, 11) is 0. The number of aliphatic hydroxyl groups is 4. The largest absolute Gasteiger partial charge is 0.676 e. The van der Waals surface area contributed by atoms with E-state index < -0.39 is 13.2 Å². The van der Waals surface area contributed by atoms with Crippen molar-refractivity contribution in [2.45, 2.75) is 20.5 Å². The van der Waals surface area contributed by atoms with Gasteiger partial charge in [-0.05, 0) is 61.6 Å². The van der Waals surface area contributed by atoms with Gasteiger partial charge in [-0.2, -0.15) is 10.2 Å². The molecule has 0 aliphatic carbocycles. The molecule has 0 saturated carbocycles. The summed E-state index contributed by atoms with van der Waals surface area (Å²) in [6.45, 7) is 0.710. The van der Waals surface area contributed by atoms with Crippen molar-refractivity contribution in [2.24, 2.45) is 0 Å². The van der Waals surface area contributed by atoms with Crippen LogP contribution in [0.25, 0.3) is 38.2 Å². The van der Waals surface area contributed by atoms with Crippen molar-refractivity contribution in [1.82, 2.24) is 40.7 Å². The third-order valence-corrected chi connectivity index (χ3v) is 7.51. The molecule has 5 heterocycles. The zero-order chi connectivity index (χ0) is 43.4. The van der Waals surface area contributed by atoms with Gasteiger partial charge in [-0.1, -0.05) is 85.5 Å². The third kappa shape index (κ3) is 26.6. The number of carbonyl (C=O) groups is 2. The van der Waals surface area contributed by atoms with Crippen molar-refractivity contribution in [3.05, 3.63) is 144 Å². The number of pyridine rings is 3. The number of hydrogen-bond donors (Lipinski definition) is 6. The number of benzene rings is 2. The summed E-state index contributed by atoms with van der Waals surface area (Å²) in [6.07, 6.45) is 8.27. The summed E-state index contributed by atoms with van der Waals surface area (Å²) in [5.41, 5.74) is 7.78. The maximum atomic E-state index is 11.3. The number of phenols is 1. The molecule has 2 aromatic carbocycles. The van der Waals surface area contributed by atoms with Gasteiger partial charge in [-0.25, -0.2) is 4.98 Å². The molecule has 65 heavy (non-hydrogen) atoms. The number of phenolic OH excluding ortho intramolecular Hbond substituents is 1. The van der Waals surface area contributed by atoms with Crippen LogP contribution in [0.15, 0.2) is 122 Å². The smallest absolute Gasteiger partial charge is 0.179 e. The second-order valence-electron chi connectivity index (χ2n) is 11.8. The van der Waals surface area contributed by atoms with Gasteiger partial charge in [0.15, 0.2) is 11.6 Å². The summed E-state index contributed by atoms with van der Waals surface area (Å²) in [6, 6.07) is 26.8. The van der Waals surface area contributed by atoms with Crippen LogP contribution >= 0.6 is 11.6 Å². The maximum Gasteiger partial charge on any atom is 0.179 e. The number of aromatic nitrogens is 7. The van der Waals surface area contributed by atoms with Gasteiger partial charge < -0.3 is 62.8 Å². The number of ether oxygens (including phenoxy) is 1. The molecule has 5 aromatic heterocycles. The molecule has 0 amide bonds. The summed E-state index contributed by atoms with van der Waals surface area (Å²) in [4.78, 5) is 34.2. The van der Waals surface area contributed by atoms with E-state index in [-0.39, 0.29) is 162 Å². The first-order valence-electron chi connectivity index (χ1n) is 18.3. The molecule has 0 saturated heterocycles. The minimum atomic E-state index is -0.487. The van der Waals surface area contributed by atoms with Gasteiger partial charge in [0.1, 0.15) is 43.0 Å². The summed E-state index contributed by atoms with van der Waals surface area (Å²) in [5.74, 6) is 1.66. The molecule has 0 spiro atoms. The maximum absolute atomic E-state index is 11.3. The van der Waals surface area contributed by atoms with Gasteiger partial charge in [0.2, 0.25) is 0 Å². The Balaban J connectivity index is -0.000000810. The first-order valence-corrected chi connectivity index (χ1v) is 18.7. The van der Waals surface area contributed by atoms with Gasteiger partial charge in [-0.3, -0.25) is 19.0 Å². The molecule has 0 fully saturated rings. The SMILES string of the molecule is C.Clc1ccccn1.N.O=C(CO)Cn1ncc2cc(O)ccc21.O=C(CO)Cn1ncc2cc(OCC[N-]c3ccccn3)ccc21.OCC[N-]c1ccccn1.[NH-]CCO.[Y].[Y].[Y]. The zero-order valence-electron chi connectivity index (χ0n) is 34.9. The van der Waals surface area contributed by atoms with Crippen LogP contribution in [0.3, 0.4) is 0 Å². The van der Waals surface area contributed by atoms with E-state index in [1.54, 1.807) is 59.9 Å². The van der Waals surface area contributed by atoms with Crippen LogP contribution in [0.2, 0.25) is 5.15 Å². The average Bonchev–Trinajstić information content (AvgIpc) is 3.88. The van der Waals surface area contributed by atoms with E-state index in [1.807, 2.05) is 60.7 Å². The van der Waals surface area contributed by atoms with Crippen molar-refractivity contribution in [2.75, 3.05) is 52.7 Å². The number of Topliss-reactive ketones (excluding diaryl/α,β-unsaturated/α-hetero) is 2. The molecule has 19 nitrogen and oxygen atoms in total. The fourth-order valence-electron chi connectivity index (χ4n) is 4.64. The number of nitrogens with zero attached hydrogens (tertiary/aromatic N) is 9. The minimum Gasteiger partial charge on any atom is -0.676 e. The Labute approximate surface area is 458 Å². The Morgan fingerprint density at radius 3 is 1.55 bits per heavy atom. The topological polar surface area (TPSA) is 306 Å². The van der Waals surface area contributed by atoms with Gasteiger partial charge in [0.05, 0.1) is 30.0 Å². The number of aliphatic hydroxyl groups excluding tert-OH is 4. The molecule has 9 N–H and O–H groups in total. The third-order valence-electron chi connectivity index (χ3n) is 7.29. The van der Waals surface area contributed by atoms with Gasteiger partial charge in [0, 0.05) is 128 Å². The standard InChI is InChI=1S/C17H17N4O3.C10H10N2O3.C7H9N2O.C5H4ClN.C2H6NO.CH4.H3N.3Y/c22-12-14(23)11-21-16-5-4-15(9-13(16)10-20-21)24-8-7-19-17-3-1-2-6-18-17;13-6-9(15)5-12-10-2-1-8(14)3-7(10)4-11-12;10-6-5-9-7-3-1-2-4-8-7;6-5-3-1-2-4-7-5;3-1-2-4;;;;;/h1-6,9-10,22H,7-8,11-12H2;1-4,13-14H,5-6H2;1-4,10H,5-6H2;1-4H;3-4H,1-2H2;1H4;1H3;;;/q-1;;-1;;-1;;;;;. The van der Waals surface area contributed by atoms with Gasteiger partial charge in [0.25, 0.3) is 0 Å². The average molecular weight is 1140 g/mol. The molecule has 7 rings (SSSR count). The van der Waals surface area contributed by atoms with E-state index in [1.165, 1.54) is 10.7 Å². The Morgan fingerprint density at radius 2 is 1.14 bits per heavy atom. The van der Waals surface area contributed by atoms with Crippen LogP contribution in [0.5, 0.6) is 11.5 Å². The second-order valence-corrected chi connectivity index (χ2v) is 12.2. The van der Waals surface area contributed by atoms with E-state index in [0.717, 1.165) is 21.8 Å². The van der Waals surface area contributed by atoms with E-state index >= 15 is 0 Å². The van der Waals surface area contributed by atoms with Crippen molar-refractivity contribution < 1.29 is 138 Å². The molecular weight excluding hydrogens is 1090 g/mol. The van der Waals surface area contributed by atoms with Crippen LogP contribution in [0.1, 0.15) is 7.43 Å². The molecule has 0 atom stereocenters. The Morgan fingerprint density at radius 1 is 0.662 bits per heavy atom. The number of carbonyl (C=O) groups excluding carboxylic acids is 2. The van der Waals surface area contributed by atoms with E-state index in [2.05, 4.69) is 35.8 Å². The fraction of sp³-hybridized carbons (Fsp3) is 0.262. The van der Waals surface area contributed by atoms with Crippen molar-refractivity contribution in [1.29, 1.82) is 0 Å². The Kier molecular flexibility index (Phi) is 40.5. The molecule has 343 valence electrons. The summed E-state index contributed by atoms with van der Waals surface area (Å²) < 4.78 is 8.74. The molecular formula is C42H53ClN11O8Y3-3. The number of aromatic hydroxyl groups is 1. The molecule has 0 bridgehead atoms. The van der Waals surface area contributed by atoms with Crippen LogP contribution in [0, 0.1) is 0 Å². The number of hydrogen-bond acceptors (Lipinski definition) is 14. The zero-order valence-corrected chi connectivity index (χ0v) is 44.2. The molecule has 0 aliphatic rings. The van der Waals surface area contributed by atoms with Crippen LogP contribution in [-0.4, -0.2) is 124 Å². The minimum absolute atomic E-state index is 0. The molecule has 0 unspecified atom stereocenters. The number of fused-ring (bicyclic) bond motifs is 2. The predicted octanol–water partition coefficient (Wildman–Crippen LogP) is 6.02. The van der Waals surface area contributed by atoms with Crippen LogP contribution < -0.4 is 10.9 Å². The predicted molar refractivity (Wildman–Crippen MR) is 239 cm³/mol. The molecule has 23 heteroatoms. The first kappa shape index (κ1) is 66.0. The van der Waals surface area contributed by atoms with Gasteiger partial charge >= 0.3 is 0 Å². The van der Waals surface area contributed by atoms with E-state index in [4.69, 9.17) is 42.5 Å². The Bertz CT molecular complexity index is 2270. The summed E-state index contributed by atoms with van der Waals surface area (Å²) in [5, 5.41) is 61.4. The van der Waals surface area contributed by atoms with Crippen molar-refractivity contribution >= 4 is 56.6 Å². The van der Waals surface area contributed by atoms with Crippen molar-refractivity contribution in [3.63, 3.8) is 0 Å². The molecule has 3 radical (unpaired) electrons. The normalized spacial score (nSPS) is 9.26. The summed E-state index contributed by atoms with van der Waals surface area (Å²) >= 11 is 5.43. The van der Waals surface area contributed by atoms with Crippen LogP contribution in [-0.2, 0) is 121 Å². The molecule has 7 aromatic rings. The van der Waals surface area contributed by atoms with E-state index in [9.17, 15) is 14.7 Å². The number of rotatable bonds is 15. The Hall–Kier alpha value is -3.27. The quantitative estimate of drug-likeness (QED) is 0.0506. The first-order chi connectivity index (χ1) is 29.2. The number of nitrogens with one attached hydrogen (secondary N) is 1. The number of halogens is 1. The molecule has 0 aliphatic heterocycles. The van der Waals surface area contributed by atoms with Crippen molar-refractivity contribution in [3.8, 4) is 11.5 Å². The van der Waals surface area contributed by atoms with E-state index in [0.29, 0.717) is 42.2 Å². The van der Waals surface area contributed by atoms with Gasteiger partial charge in [-0.15, -0.1) is 6.54 Å².